The molecule has 2 unspecified atom stereocenters. The molecule has 21 heavy (non-hydrogen) atoms. The monoisotopic (exact) mass is 296 g/mol. The number of nitrogens with one attached hydrogen (secondary N) is 2. The van der Waals surface area contributed by atoms with E-state index in [1.165, 1.54) is 5.48 Å². The molecule has 0 bridgehead atoms. The maximum atomic E-state index is 11.2. The molecule has 5 N–H and O–H groups in total. The number of amides is 1. The molecule has 0 aliphatic carbocycles. The molecule has 1 aromatic carbocycles. The fraction of sp³-hybridized carbons (Fsp3) is 0.429. The highest BCUT2D eigenvalue weighted by atomic mass is 16.5. The lowest BCUT2D eigenvalue weighted by Crippen LogP contribution is -2.48. The standard InChI is InChI=1S/C14H20N2O5/c1-9(7-12(17)16-21)13(18)15-11(14(19)20)8-10-5-3-2-4-6-10/h2-6,9,11,13,15,18,21H,7-8H2,1H3,(H,16,17)(H,19,20)/t9?,11-,13?/m0/s1. The summed E-state index contributed by atoms with van der Waals surface area (Å²) in [5.41, 5.74) is 2.30. The average molecular weight is 296 g/mol. The van der Waals surface area contributed by atoms with Gasteiger partial charge in [0.2, 0.25) is 5.91 Å². The van der Waals surface area contributed by atoms with Crippen LogP contribution in [0.25, 0.3) is 0 Å². The van der Waals surface area contributed by atoms with Crippen molar-refractivity contribution < 1.29 is 25.0 Å². The Kier molecular flexibility index (Phi) is 6.80. The van der Waals surface area contributed by atoms with Crippen LogP contribution in [0, 0.1) is 5.92 Å². The maximum absolute atomic E-state index is 11.2. The van der Waals surface area contributed by atoms with Crippen molar-refractivity contribution in [2.45, 2.75) is 32.0 Å². The summed E-state index contributed by atoms with van der Waals surface area (Å²) in [6.45, 7) is 1.58. The summed E-state index contributed by atoms with van der Waals surface area (Å²) in [4.78, 5) is 22.3. The first-order valence-electron chi connectivity index (χ1n) is 6.57. The van der Waals surface area contributed by atoms with Crippen LogP contribution in [0.2, 0.25) is 0 Å². The lowest BCUT2D eigenvalue weighted by molar-refractivity contribution is -0.141. The van der Waals surface area contributed by atoms with Crippen molar-refractivity contribution in [3.8, 4) is 0 Å². The first-order valence-corrected chi connectivity index (χ1v) is 6.57. The number of carboxylic acids is 1. The van der Waals surface area contributed by atoms with Gasteiger partial charge in [-0.2, -0.15) is 0 Å². The zero-order valence-electron chi connectivity index (χ0n) is 11.7. The Hall–Kier alpha value is -1.96. The molecule has 1 aromatic rings. The number of rotatable bonds is 8. The molecule has 0 aliphatic rings. The van der Waals surface area contributed by atoms with E-state index >= 15 is 0 Å². The number of aliphatic carboxylic acids is 1. The van der Waals surface area contributed by atoms with Gasteiger partial charge in [0.15, 0.2) is 0 Å². The van der Waals surface area contributed by atoms with Crippen molar-refractivity contribution in [2.24, 2.45) is 5.92 Å². The zero-order valence-corrected chi connectivity index (χ0v) is 11.7. The van der Waals surface area contributed by atoms with Gasteiger partial charge in [0.25, 0.3) is 0 Å². The van der Waals surface area contributed by atoms with Crippen LogP contribution >= 0.6 is 0 Å². The number of hydrogen-bond acceptors (Lipinski definition) is 5. The molecule has 116 valence electrons. The Bertz CT molecular complexity index is 466. The molecule has 0 aliphatic heterocycles. The molecule has 0 fully saturated rings. The largest absolute Gasteiger partial charge is 0.480 e. The Morgan fingerprint density at radius 3 is 2.38 bits per heavy atom. The van der Waals surface area contributed by atoms with Crippen molar-refractivity contribution in [2.75, 3.05) is 0 Å². The third-order valence-corrected chi connectivity index (χ3v) is 3.12. The highest BCUT2D eigenvalue weighted by Gasteiger charge is 2.25. The van der Waals surface area contributed by atoms with Crippen molar-refractivity contribution in [1.29, 1.82) is 0 Å². The molecule has 7 heteroatoms. The van der Waals surface area contributed by atoms with Gasteiger partial charge in [0.1, 0.15) is 12.3 Å². The SMILES string of the molecule is CC(CC(=O)NO)C(O)N[C@@H](Cc1ccccc1)C(=O)O. The number of carbonyl (C=O) groups is 2. The maximum Gasteiger partial charge on any atom is 0.321 e. The summed E-state index contributed by atoms with van der Waals surface area (Å²) in [6.07, 6.45) is -1.08. The van der Waals surface area contributed by atoms with E-state index in [0.717, 1.165) is 5.56 Å². The van der Waals surface area contributed by atoms with Crippen molar-refractivity contribution in [1.82, 2.24) is 10.8 Å². The number of benzene rings is 1. The minimum atomic E-state index is -1.17. The van der Waals surface area contributed by atoms with Gasteiger partial charge in [-0.1, -0.05) is 37.3 Å². The van der Waals surface area contributed by atoms with Crippen molar-refractivity contribution >= 4 is 11.9 Å². The third-order valence-electron chi connectivity index (χ3n) is 3.12. The predicted octanol–water partition coefficient (Wildman–Crippen LogP) is 0.122. The fourth-order valence-corrected chi connectivity index (χ4v) is 1.89. The predicted molar refractivity (Wildman–Crippen MR) is 74.4 cm³/mol. The van der Waals surface area contributed by atoms with E-state index in [2.05, 4.69) is 5.32 Å². The summed E-state index contributed by atoms with van der Waals surface area (Å²) < 4.78 is 0. The van der Waals surface area contributed by atoms with Gasteiger partial charge in [0, 0.05) is 12.3 Å². The summed E-state index contributed by atoms with van der Waals surface area (Å²) in [7, 11) is 0. The summed E-state index contributed by atoms with van der Waals surface area (Å²) in [5.74, 6) is -2.27. The molecule has 0 radical (unpaired) electrons. The summed E-state index contributed by atoms with van der Waals surface area (Å²) in [6, 6.07) is 8.07. The van der Waals surface area contributed by atoms with E-state index in [9.17, 15) is 19.8 Å². The van der Waals surface area contributed by atoms with Crippen molar-refractivity contribution in [3.63, 3.8) is 0 Å². The van der Waals surface area contributed by atoms with Crippen LogP contribution < -0.4 is 10.8 Å². The Morgan fingerprint density at radius 1 is 1.24 bits per heavy atom. The van der Waals surface area contributed by atoms with Crippen LogP contribution in [0.15, 0.2) is 30.3 Å². The topological polar surface area (TPSA) is 119 Å². The Morgan fingerprint density at radius 2 is 1.86 bits per heavy atom. The summed E-state index contributed by atoms with van der Waals surface area (Å²) in [5, 5.41) is 30.1. The lowest BCUT2D eigenvalue weighted by atomic mass is 10.0. The molecule has 0 saturated heterocycles. The van der Waals surface area contributed by atoms with Crippen LogP contribution in [0.1, 0.15) is 18.9 Å². The second-order valence-electron chi connectivity index (χ2n) is 4.91. The van der Waals surface area contributed by atoms with Gasteiger partial charge in [-0.15, -0.1) is 0 Å². The lowest BCUT2D eigenvalue weighted by Gasteiger charge is -2.23. The number of aliphatic hydroxyl groups is 1. The smallest absolute Gasteiger partial charge is 0.321 e. The van der Waals surface area contributed by atoms with E-state index in [4.69, 9.17) is 5.21 Å². The third kappa shape index (κ3) is 5.90. The molecule has 3 atom stereocenters. The van der Waals surface area contributed by atoms with Gasteiger partial charge in [-0.25, -0.2) is 5.48 Å². The van der Waals surface area contributed by atoms with E-state index in [1.807, 2.05) is 6.07 Å². The fourth-order valence-electron chi connectivity index (χ4n) is 1.89. The Balaban J connectivity index is 2.61. The molecular formula is C14H20N2O5. The van der Waals surface area contributed by atoms with E-state index < -0.39 is 30.1 Å². The van der Waals surface area contributed by atoms with Crippen LogP contribution in [-0.2, 0) is 16.0 Å². The van der Waals surface area contributed by atoms with E-state index in [0.29, 0.717) is 0 Å². The van der Waals surface area contributed by atoms with Crippen molar-refractivity contribution in [3.05, 3.63) is 35.9 Å². The number of hydroxylamine groups is 1. The second-order valence-corrected chi connectivity index (χ2v) is 4.91. The molecule has 1 rings (SSSR count). The van der Waals surface area contributed by atoms with Gasteiger partial charge in [-0.05, 0) is 12.0 Å². The minimum Gasteiger partial charge on any atom is -0.480 e. The van der Waals surface area contributed by atoms with Crippen LogP contribution in [0.5, 0.6) is 0 Å². The highest BCUT2D eigenvalue weighted by molar-refractivity contribution is 5.75. The summed E-state index contributed by atoms with van der Waals surface area (Å²) >= 11 is 0. The first-order chi connectivity index (χ1) is 9.93. The minimum absolute atomic E-state index is 0.123. The normalized spacial score (nSPS) is 15.0. The van der Waals surface area contributed by atoms with Gasteiger partial charge >= 0.3 is 5.97 Å². The molecule has 0 saturated carbocycles. The van der Waals surface area contributed by atoms with Gasteiger partial charge < -0.3 is 10.2 Å². The average Bonchev–Trinajstić information content (AvgIpc) is 2.47. The van der Waals surface area contributed by atoms with E-state index in [1.54, 1.807) is 31.2 Å². The number of carbonyl (C=O) groups excluding carboxylic acids is 1. The number of carboxylic acid groups (broad SMARTS) is 1. The first kappa shape index (κ1) is 17.1. The molecule has 7 nitrogen and oxygen atoms in total. The second kappa shape index (κ2) is 8.35. The van der Waals surface area contributed by atoms with Crippen LogP contribution in [0.3, 0.4) is 0 Å². The molecular weight excluding hydrogens is 276 g/mol. The molecule has 0 aromatic heterocycles. The number of hydrogen-bond donors (Lipinski definition) is 5. The quantitative estimate of drug-likeness (QED) is 0.264. The van der Waals surface area contributed by atoms with Gasteiger partial charge in [0.05, 0.1) is 0 Å². The molecule has 0 heterocycles. The zero-order chi connectivity index (χ0) is 15.8. The Labute approximate surface area is 122 Å². The highest BCUT2D eigenvalue weighted by Crippen LogP contribution is 2.09. The number of aliphatic hydroxyl groups excluding tert-OH is 1. The molecule has 0 spiro atoms. The molecule has 1 amide bonds. The van der Waals surface area contributed by atoms with Crippen LogP contribution in [0.4, 0.5) is 0 Å². The van der Waals surface area contributed by atoms with Crippen LogP contribution in [-0.4, -0.2) is 39.6 Å². The van der Waals surface area contributed by atoms with Gasteiger partial charge in [-0.3, -0.25) is 20.1 Å². The van der Waals surface area contributed by atoms with E-state index in [-0.39, 0.29) is 12.8 Å².